The molecule has 0 spiro atoms. The molecule has 1 unspecified atom stereocenters. The number of halogens is 2. The van der Waals surface area contributed by atoms with E-state index in [9.17, 15) is 4.79 Å². The van der Waals surface area contributed by atoms with Crippen molar-refractivity contribution >= 4 is 37.5 Å². The van der Waals surface area contributed by atoms with Gasteiger partial charge in [-0.15, -0.1) is 0 Å². The molecule has 2 aromatic heterocycles. The Bertz CT molecular complexity index is 790. The molecular weight excluding hydrogens is 512 g/mol. The van der Waals surface area contributed by atoms with Gasteiger partial charge in [0.2, 0.25) is 0 Å². The third kappa shape index (κ3) is 1.48. The summed E-state index contributed by atoms with van der Waals surface area (Å²) < 4.78 is 21.8. The van der Waals surface area contributed by atoms with Crippen molar-refractivity contribution in [3.63, 3.8) is 0 Å². The van der Waals surface area contributed by atoms with Gasteiger partial charge >= 0.3 is 146 Å². The number of carbonyl (C=O) groups is 1. The van der Waals surface area contributed by atoms with Crippen molar-refractivity contribution in [1.82, 2.24) is 10.6 Å². The van der Waals surface area contributed by atoms with Gasteiger partial charge in [-0.1, -0.05) is 0 Å². The van der Waals surface area contributed by atoms with Crippen LogP contribution in [0, 0.1) is 0 Å². The quantitative estimate of drug-likeness (QED) is 0.114. The average molecular weight is 526 g/mol. The van der Waals surface area contributed by atoms with E-state index in [1.165, 1.54) is 0 Å². The molecule has 1 aliphatic carbocycles. The molecule has 118 valence electrons. The summed E-state index contributed by atoms with van der Waals surface area (Å²) in [7, 11) is 0. The van der Waals surface area contributed by atoms with E-state index in [1.807, 2.05) is 12.1 Å². The molecule has 0 radical (unpaired) electrons. The van der Waals surface area contributed by atoms with Crippen molar-refractivity contribution in [2.45, 2.75) is 38.5 Å². The third-order valence-corrected chi connectivity index (χ3v) is 13.6. The van der Waals surface area contributed by atoms with Crippen molar-refractivity contribution in [3.8, 4) is 0 Å². The molecule has 4 fully saturated rings. The van der Waals surface area contributed by atoms with Crippen LogP contribution in [0.25, 0.3) is 11.2 Å². The first-order chi connectivity index (χ1) is 10.7. The average Bonchev–Trinajstić information content (AvgIpc) is 3.40. The molecule has 22 heavy (non-hydrogen) atoms. The molecule has 1 saturated carbocycles. The van der Waals surface area contributed by atoms with Gasteiger partial charge in [-0.05, 0) is 0 Å². The number of rotatable bonds is 4. The van der Waals surface area contributed by atoms with E-state index in [0.29, 0.717) is 0 Å². The Kier molecular flexibility index (Phi) is 2.33. The first kappa shape index (κ1) is 13.2. The zero-order chi connectivity index (χ0) is 14.6. The van der Waals surface area contributed by atoms with Crippen molar-refractivity contribution in [2.75, 3.05) is 0 Å². The van der Waals surface area contributed by atoms with Crippen molar-refractivity contribution < 1.29 is 35.4 Å². The Morgan fingerprint density at radius 1 is 1.32 bits per heavy atom. The molecule has 6 nitrogen and oxygen atoms in total. The summed E-state index contributed by atoms with van der Waals surface area (Å²) in [5.74, 6) is -0.0437. The van der Waals surface area contributed by atoms with Crippen LogP contribution in [0.5, 0.6) is 0 Å². The molecule has 4 aliphatic rings. The third-order valence-electron chi connectivity index (χ3n) is 5.07. The zero-order valence-electron chi connectivity index (χ0n) is 11.5. The normalized spacial score (nSPS) is 35.0. The molecule has 0 aromatic carbocycles. The number of nitrogens with one attached hydrogen (secondary N) is 3. The van der Waals surface area contributed by atoms with Gasteiger partial charge in [-0.2, -0.15) is 0 Å². The minimum atomic E-state index is -1.15. The molecule has 5 heterocycles. The number of ether oxygens (including phenoxy) is 1. The second-order valence-electron chi connectivity index (χ2n) is 6.33. The summed E-state index contributed by atoms with van der Waals surface area (Å²) >= 11 is -1.44. The Labute approximate surface area is 145 Å². The predicted octanol–water partition coefficient (Wildman–Crippen LogP) is -1.32. The van der Waals surface area contributed by atoms with Gasteiger partial charge < -0.3 is 0 Å². The zero-order valence-corrected chi connectivity index (χ0v) is 15.9. The van der Waals surface area contributed by atoms with Crippen LogP contribution in [-0.4, -0.2) is 13.2 Å². The van der Waals surface area contributed by atoms with Gasteiger partial charge in [0.15, 0.2) is 0 Å². The van der Waals surface area contributed by atoms with E-state index >= 15 is 0 Å². The van der Waals surface area contributed by atoms with Crippen molar-refractivity contribution in [2.24, 2.45) is 0 Å². The summed E-state index contributed by atoms with van der Waals surface area (Å²) in [5.41, 5.74) is 2.35. The summed E-state index contributed by atoms with van der Waals surface area (Å²) in [6.45, 7) is 0. The number of benzene rings is 1. The Hall–Kier alpha value is -0.170. The fourth-order valence-corrected chi connectivity index (χ4v) is 13.7. The van der Waals surface area contributed by atoms with E-state index in [0.717, 1.165) is 42.4 Å². The van der Waals surface area contributed by atoms with Gasteiger partial charge in [-0.3, -0.25) is 0 Å². The number of hydrogen-bond donors (Lipinski definition) is 3. The van der Waals surface area contributed by atoms with E-state index in [1.54, 1.807) is 0 Å². The van der Waals surface area contributed by atoms with Crippen LogP contribution in [0.2, 0.25) is 0 Å². The topological polar surface area (TPSA) is 105 Å². The van der Waals surface area contributed by atoms with E-state index in [4.69, 9.17) is 9.15 Å². The van der Waals surface area contributed by atoms with Crippen LogP contribution in [0.1, 0.15) is 31.2 Å². The Morgan fingerprint density at radius 2 is 2.05 bits per heavy atom. The Morgan fingerprint density at radius 3 is 2.55 bits per heavy atom. The first-order valence-corrected chi connectivity index (χ1v) is 12.8. The molecule has 1 atom stereocenters. The molecule has 3 saturated heterocycles. The van der Waals surface area contributed by atoms with Crippen LogP contribution in [-0.2, 0) is 15.1 Å². The molecular formula is C14H14I2N3O3-. The van der Waals surface area contributed by atoms with Crippen LogP contribution < -0.4 is 32.1 Å². The standard InChI is InChI=1S/C14H14I2N3O3/c20-11(13(15-17-13)14-16(18-14)19-14)22-12(5-1-2-6-12)9-7-8-3-4-10(9)21-8/h3-4,7,17-19H,1-2,5-6H2/q-1. The number of carbonyl (C=O) groups excluding carboxylic acids is 1. The molecule has 6 rings (SSSR count). The second-order valence-corrected chi connectivity index (χ2v) is 13.3. The summed E-state index contributed by atoms with van der Waals surface area (Å²) in [4.78, 5) is 13.0. The number of esters is 1. The van der Waals surface area contributed by atoms with Crippen LogP contribution in [0.4, 0.5) is 0 Å². The summed E-state index contributed by atoms with van der Waals surface area (Å²) in [6.07, 6.45) is 4.02. The van der Waals surface area contributed by atoms with Gasteiger partial charge in [0.25, 0.3) is 0 Å². The number of fused-ring (bicyclic) bond motifs is 3. The van der Waals surface area contributed by atoms with E-state index < -0.39 is 26.0 Å². The van der Waals surface area contributed by atoms with Crippen LogP contribution in [0.3, 0.4) is 0 Å². The SMILES string of the molecule is O=C(OC1(c2cc3ccc2o3)CCCC1)C1(C23NI2N3)N[I-]1. The van der Waals surface area contributed by atoms with Gasteiger partial charge in [0.1, 0.15) is 0 Å². The van der Waals surface area contributed by atoms with Crippen LogP contribution in [0.15, 0.2) is 22.6 Å². The molecule has 3 aliphatic heterocycles. The van der Waals surface area contributed by atoms with Crippen molar-refractivity contribution in [3.05, 3.63) is 23.8 Å². The molecule has 2 aromatic rings. The molecule has 3 N–H and O–H groups in total. The molecule has 2 bridgehead atoms. The first-order valence-electron chi connectivity index (χ1n) is 7.41. The maximum absolute atomic E-state index is 13.0. The predicted molar refractivity (Wildman–Crippen MR) is 82.5 cm³/mol. The number of alkyl halides is 2. The minimum absolute atomic E-state index is 0.0254. The molecule has 8 heteroatoms. The van der Waals surface area contributed by atoms with Gasteiger partial charge in [0.05, 0.1) is 0 Å². The fraction of sp³-hybridized carbons (Fsp3) is 0.500. The van der Waals surface area contributed by atoms with Gasteiger partial charge in [0, 0.05) is 0 Å². The molecule has 0 amide bonds. The Balaban J connectivity index is 1.36. The number of furan rings is 2. The van der Waals surface area contributed by atoms with Crippen LogP contribution >= 0.6 is 20.4 Å². The van der Waals surface area contributed by atoms with E-state index in [-0.39, 0.29) is 34.7 Å². The maximum atomic E-state index is 13.0. The van der Waals surface area contributed by atoms with E-state index in [2.05, 4.69) is 16.7 Å². The summed E-state index contributed by atoms with van der Waals surface area (Å²) in [5, 5.41) is 0. The van der Waals surface area contributed by atoms with Gasteiger partial charge in [-0.25, -0.2) is 0 Å². The number of hydrogen-bond acceptors (Lipinski definition) is 6. The second kappa shape index (κ2) is 3.90. The monoisotopic (exact) mass is 526 g/mol. The summed E-state index contributed by atoms with van der Waals surface area (Å²) in [6, 6.07) is 6.01. The fourth-order valence-electron chi connectivity index (χ4n) is 3.65. The van der Waals surface area contributed by atoms with Crippen molar-refractivity contribution in [1.29, 1.82) is 0 Å².